The van der Waals surface area contributed by atoms with Crippen LogP contribution in [0.25, 0.3) is 0 Å². The second-order valence-electron chi connectivity index (χ2n) is 2.79. The normalized spacial score (nSPS) is 11.8. The minimum atomic E-state index is -2.62. The Morgan fingerprint density at radius 2 is 1.93 bits per heavy atom. The molecule has 4 nitrogen and oxygen atoms in total. The highest BCUT2D eigenvalue weighted by Gasteiger charge is 2.26. The number of hydrogen-bond donors (Lipinski definition) is 1. The zero-order valence-corrected chi connectivity index (χ0v) is 7.72. The van der Waals surface area contributed by atoms with Crippen molar-refractivity contribution in [2.75, 3.05) is 0 Å². The van der Waals surface area contributed by atoms with Crippen molar-refractivity contribution < 1.29 is 23.8 Å². The summed E-state index contributed by atoms with van der Waals surface area (Å²) in [5.74, 6) is -3.22. The molecular weight excluding hydrogens is 203 g/mol. The molecule has 0 saturated carbocycles. The maximum Gasteiger partial charge on any atom is 0.352 e. The number of benzene rings is 1. The molecule has 0 radical (unpaired) electrons. The van der Waals surface area contributed by atoms with Crippen LogP contribution in [-0.2, 0) is 20.9 Å². The van der Waals surface area contributed by atoms with E-state index in [2.05, 4.69) is 4.74 Å². The largest absolute Gasteiger partial charge is 0.479 e. The molecule has 0 saturated heterocycles. The van der Waals surface area contributed by atoms with Gasteiger partial charge in [0.2, 0.25) is 0 Å². The van der Waals surface area contributed by atoms with Crippen LogP contribution in [0.5, 0.6) is 0 Å². The molecular formula is C10H9FO4. The predicted molar refractivity (Wildman–Crippen MR) is 48.8 cm³/mol. The molecule has 5 heteroatoms. The Morgan fingerprint density at radius 1 is 1.33 bits per heavy atom. The van der Waals surface area contributed by atoms with Gasteiger partial charge in [-0.3, -0.25) is 0 Å². The fraction of sp³-hybridized carbons (Fsp3) is 0.200. The number of carboxylic acid groups (broad SMARTS) is 1. The zero-order valence-electron chi connectivity index (χ0n) is 7.72. The van der Waals surface area contributed by atoms with Crippen LogP contribution in [0.15, 0.2) is 30.3 Å². The Morgan fingerprint density at radius 3 is 2.47 bits per heavy atom. The lowest BCUT2D eigenvalue weighted by Gasteiger charge is -2.05. The average Bonchev–Trinajstić information content (AvgIpc) is 2.26. The first-order valence-corrected chi connectivity index (χ1v) is 4.18. The number of esters is 1. The summed E-state index contributed by atoms with van der Waals surface area (Å²) in [5.41, 5.74) is 0.670. The fourth-order valence-corrected chi connectivity index (χ4v) is 0.903. The van der Waals surface area contributed by atoms with E-state index in [4.69, 9.17) is 5.11 Å². The van der Waals surface area contributed by atoms with E-state index in [1.54, 1.807) is 30.3 Å². The summed E-state index contributed by atoms with van der Waals surface area (Å²) < 4.78 is 17.0. The molecule has 0 fully saturated rings. The second kappa shape index (κ2) is 5.09. The van der Waals surface area contributed by atoms with Gasteiger partial charge in [-0.15, -0.1) is 0 Å². The second-order valence-corrected chi connectivity index (χ2v) is 2.79. The molecule has 1 N–H and O–H groups in total. The van der Waals surface area contributed by atoms with Gasteiger partial charge in [-0.05, 0) is 5.56 Å². The van der Waals surface area contributed by atoms with Crippen molar-refractivity contribution in [2.24, 2.45) is 0 Å². The van der Waals surface area contributed by atoms with Gasteiger partial charge in [0.1, 0.15) is 6.61 Å². The number of alkyl halides is 1. The van der Waals surface area contributed by atoms with Crippen LogP contribution in [-0.4, -0.2) is 23.2 Å². The van der Waals surface area contributed by atoms with Gasteiger partial charge in [0.25, 0.3) is 6.17 Å². The van der Waals surface area contributed by atoms with Crippen LogP contribution in [0.3, 0.4) is 0 Å². The average molecular weight is 212 g/mol. The lowest BCUT2D eigenvalue weighted by Crippen LogP contribution is -2.27. The van der Waals surface area contributed by atoms with Crippen molar-refractivity contribution in [3.63, 3.8) is 0 Å². The fourth-order valence-electron chi connectivity index (χ4n) is 0.903. The summed E-state index contributed by atoms with van der Waals surface area (Å²) in [6.07, 6.45) is -2.62. The topological polar surface area (TPSA) is 63.6 Å². The molecule has 0 aliphatic heterocycles. The Kier molecular flexibility index (Phi) is 3.79. The smallest absolute Gasteiger partial charge is 0.352 e. The van der Waals surface area contributed by atoms with Gasteiger partial charge < -0.3 is 9.84 Å². The minimum absolute atomic E-state index is 0.132. The summed E-state index contributed by atoms with van der Waals surface area (Å²) in [7, 11) is 0. The summed E-state index contributed by atoms with van der Waals surface area (Å²) >= 11 is 0. The highest BCUT2D eigenvalue weighted by atomic mass is 19.1. The van der Waals surface area contributed by atoms with Gasteiger partial charge in [-0.1, -0.05) is 30.3 Å². The molecule has 0 spiro atoms. The van der Waals surface area contributed by atoms with Crippen molar-refractivity contribution in [1.29, 1.82) is 0 Å². The third kappa shape index (κ3) is 3.38. The van der Waals surface area contributed by atoms with Crippen molar-refractivity contribution in [1.82, 2.24) is 0 Å². The number of carbonyl (C=O) groups excluding carboxylic acids is 1. The van der Waals surface area contributed by atoms with Crippen LogP contribution in [0.2, 0.25) is 0 Å². The van der Waals surface area contributed by atoms with Gasteiger partial charge in [-0.25, -0.2) is 14.0 Å². The molecule has 0 amide bonds. The SMILES string of the molecule is O=C(O)C(F)C(=O)OCc1ccccc1. The molecule has 0 aliphatic rings. The summed E-state index contributed by atoms with van der Waals surface area (Å²) in [6.45, 7) is -0.132. The molecule has 0 heterocycles. The monoisotopic (exact) mass is 212 g/mol. The third-order valence-corrected chi connectivity index (χ3v) is 1.65. The highest BCUT2D eigenvalue weighted by Crippen LogP contribution is 2.03. The van der Waals surface area contributed by atoms with Crippen molar-refractivity contribution in [3.8, 4) is 0 Å². The van der Waals surface area contributed by atoms with Crippen LogP contribution < -0.4 is 0 Å². The number of hydrogen-bond acceptors (Lipinski definition) is 3. The molecule has 80 valence electrons. The van der Waals surface area contributed by atoms with Gasteiger partial charge in [0, 0.05) is 0 Å². The van der Waals surface area contributed by atoms with E-state index in [1.807, 2.05) is 0 Å². The number of rotatable bonds is 4. The van der Waals surface area contributed by atoms with E-state index in [0.29, 0.717) is 5.56 Å². The van der Waals surface area contributed by atoms with Crippen molar-refractivity contribution in [3.05, 3.63) is 35.9 Å². The van der Waals surface area contributed by atoms with Crippen LogP contribution in [0, 0.1) is 0 Å². The molecule has 1 aromatic rings. The van der Waals surface area contributed by atoms with Gasteiger partial charge in [0.05, 0.1) is 0 Å². The van der Waals surface area contributed by atoms with E-state index < -0.39 is 18.1 Å². The Labute approximate surface area is 85.3 Å². The maximum absolute atomic E-state index is 12.5. The van der Waals surface area contributed by atoms with E-state index in [0.717, 1.165) is 0 Å². The molecule has 15 heavy (non-hydrogen) atoms. The summed E-state index contributed by atoms with van der Waals surface area (Å²) in [6, 6.07) is 8.60. The molecule has 0 aromatic heterocycles. The number of carbonyl (C=O) groups is 2. The van der Waals surface area contributed by atoms with Crippen LogP contribution >= 0.6 is 0 Å². The molecule has 1 aromatic carbocycles. The lowest BCUT2D eigenvalue weighted by atomic mass is 10.2. The third-order valence-electron chi connectivity index (χ3n) is 1.65. The summed E-state index contributed by atoms with van der Waals surface area (Å²) in [5, 5.41) is 8.17. The molecule has 1 rings (SSSR count). The quantitative estimate of drug-likeness (QED) is 0.600. The zero-order chi connectivity index (χ0) is 11.3. The Hall–Kier alpha value is -1.91. The van der Waals surface area contributed by atoms with Crippen LogP contribution in [0.4, 0.5) is 4.39 Å². The standard InChI is InChI=1S/C10H9FO4/c11-8(9(12)13)10(14)15-6-7-4-2-1-3-5-7/h1-5,8H,6H2,(H,12,13). The van der Waals surface area contributed by atoms with E-state index in [1.165, 1.54) is 0 Å². The minimum Gasteiger partial charge on any atom is -0.479 e. The first-order valence-electron chi connectivity index (χ1n) is 4.18. The Balaban J connectivity index is 2.44. The maximum atomic E-state index is 12.5. The number of halogens is 1. The number of carboxylic acids is 1. The summed E-state index contributed by atoms with van der Waals surface area (Å²) in [4.78, 5) is 20.9. The Bertz CT molecular complexity index is 350. The molecule has 0 aliphatic carbocycles. The molecule has 1 unspecified atom stereocenters. The highest BCUT2D eigenvalue weighted by molar-refractivity contribution is 5.96. The first-order chi connectivity index (χ1) is 7.11. The van der Waals surface area contributed by atoms with Crippen molar-refractivity contribution in [2.45, 2.75) is 12.8 Å². The van der Waals surface area contributed by atoms with Gasteiger partial charge in [-0.2, -0.15) is 0 Å². The predicted octanol–water partition coefficient (Wildman–Crippen LogP) is 1.15. The van der Waals surface area contributed by atoms with E-state index >= 15 is 0 Å². The molecule has 1 atom stereocenters. The lowest BCUT2D eigenvalue weighted by molar-refractivity contribution is -0.160. The molecule has 0 bridgehead atoms. The van der Waals surface area contributed by atoms with Gasteiger partial charge >= 0.3 is 11.9 Å². The number of ether oxygens (including phenoxy) is 1. The van der Waals surface area contributed by atoms with Crippen molar-refractivity contribution >= 4 is 11.9 Å². The van der Waals surface area contributed by atoms with Gasteiger partial charge in [0.15, 0.2) is 0 Å². The first kappa shape index (κ1) is 11.2. The van der Waals surface area contributed by atoms with E-state index in [-0.39, 0.29) is 6.61 Å². The number of aliphatic carboxylic acids is 1. The van der Waals surface area contributed by atoms with E-state index in [9.17, 15) is 14.0 Å². The van der Waals surface area contributed by atoms with Crippen LogP contribution in [0.1, 0.15) is 5.56 Å².